The van der Waals surface area contributed by atoms with Crippen LogP contribution in [0.15, 0.2) is 0 Å². The summed E-state index contributed by atoms with van der Waals surface area (Å²) in [5, 5.41) is 0. The number of hydrogen-bond donors (Lipinski definition) is 0. The Hall–Kier alpha value is -1.06. The molecule has 2 rings (SSSR count). The fraction of sp³-hybridized carbons (Fsp3) is 0.909. The monoisotopic (exact) mass is 366 g/mol. The summed E-state index contributed by atoms with van der Waals surface area (Å²) in [4.78, 5) is 24.4. The summed E-state index contributed by atoms with van der Waals surface area (Å²) in [6, 6.07) is 0. The summed E-state index contributed by atoms with van der Waals surface area (Å²) in [5.74, 6) is 0.603. The van der Waals surface area contributed by atoms with Crippen LogP contribution < -0.4 is 0 Å². The maximum absolute atomic E-state index is 12.2. The second kappa shape index (κ2) is 9.23. The molecule has 0 aliphatic heterocycles. The Kier molecular flexibility index (Phi) is 7.54. The Morgan fingerprint density at radius 1 is 0.769 bits per heavy atom. The molecule has 0 bridgehead atoms. The van der Waals surface area contributed by atoms with Crippen LogP contribution in [-0.2, 0) is 19.1 Å². The molecule has 0 radical (unpaired) electrons. The molecule has 2 fully saturated rings. The minimum Gasteiger partial charge on any atom is -0.459 e. The molecule has 0 saturated heterocycles. The molecule has 4 nitrogen and oxygen atoms in total. The number of carbonyl (C=O) groups excluding carboxylic acids is 2. The number of ether oxygens (including phenoxy) is 2. The van der Waals surface area contributed by atoms with Crippen LogP contribution in [0, 0.1) is 11.8 Å². The molecule has 0 spiro atoms. The van der Waals surface area contributed by atoms with Crippen molar-refractivity contribution in [3.63, 3.8) is 0 Å². The van der Waals surface area contributed by atoms with Crippen LogP contribution in [0.1, 0.15) is 105 Å². The molecule has 2 aliphatic carbocycles. The molecular formula is C22H38O4. The van der Waals surface area contributed by atoms with Gasteiger partial charge >= 0.3 is 11.9 Å². The van der Waals surface area contributed by atoms with E-state index >= 15 is 0 Å². The lowest BCUT2D eigenvalue weighted by Crippen LogP contribution is -2.41. The number of esters is 2. The molecule has 0 aromatic rings. The van der Waals surface area contributed by atoms with Crippen LogP contribution in [-0.4, -0.2) is 23.1 Å². The first-order valence-corrected chi connectivity index (χ1v) is 10.7. The first-order valence-electron chi connectivity index (χ1n) is 10.7. The van der Waals surface area contributed by atoms with E-state index in [2.05, 4.69) is 27.7 Å². The van der Waals surface area contributed by atoms with Crippen LogP contribution in [0.5, 0.6) is 0 Å². The molecule has 4 heteroatoms. The Bertz CT molecular complexity index is 445. The first-order chi connectivity index (χ1) is 12.3. The SMILES string of the molecule is CC1CCCCC1(C)OC(=O)CCCCC(=O)OC1(C)CCCCC1C. The third-order valence-corrected chi connectivity index (χ3v) is 6.91. The molecular weight excluding hydrogens is 328 g/mol. The first kappa shape index (κ1) is 21.2. The molecule has 0 aromatic heterocycles. The third kappa shape index (κ3) is 5.72. The Morgan fingerprint density at radius 3 is 1.50 bits per heavy atom. The molecule has 0 N–H and O–H groups in total. The Labute approximate surface area is 159 Å². The molecule has 26 heavy (non-hydrogen) atoms. The van der Waals surface area contributed by atoms with Crippen LogP contribution in [0.2, 0.25) is 0 Å². The lowest BCUT2D eigenvalue weighted by atomic mass is 9.77. The smallest absolute Gasteiger partial charge is 0.306 e. The van der Waals surface area contributed by atoms with Crippen molar-refractivity contribution in [2.24, 2.45) is 11.8 Å². The molecule has 150 valence electrons. The summed E-state index contributed by atoms with van der Waals surface area (Å²) < 4.78 is 11.6. The van der Waals surface area contributed by atoms with Gasteiger partial charge in [-0.3, -0.25) is 9.59 Å². The minimum absolute atomic E-state index is 0.123. The van der Waals surface area contributed by atoms with Crippen LogP contribution in [0.25, 0.3) is 0 Å². The van der Waals surface area contributed by atoms with E-state index in [9.17, 15) is 9.59 Å². The van der Waals surface area contributed by atoms with E-state index in [0.29, 0.717) is 37.5 Å². The maximum Gasteiger partial charge on any atom is 0.306 e. The topological polar surface area (TPSA) is 52.6 Å². The lowest BCUT2D eigenvalue weighted by Gasteiger charge is -2.39. The van der Waals surface area contributed by atoms with Gasteiger partial charge in [0.2, 0.25) is 0 Å². The van der Waals surface area contributed by atoms with Crippen molar-refractivity contribution in [3.8, 4) is 0 Å². The van der Waals surface area contributed by atoms with Gasteiger partial charge in [0.15, 0.2) is 0 Å². The van der Waals surface area contributed by atoms with Crippen molar-refractivity contribution < 1.29 is 19.1 Å². The van der Waals surface area contributed by atoms with Crippen LogP contribution in [0.4, 0.5) is 0 Å². The standard InChI is InChI=1S/C22H38O4/c1-17-11-7-9-15-21(17,3)25-19(23)13-5-6-14-20(24)26-22(4)16-10-8-12-18(22)2/h17-18H,5-16H2,1-4H3. The van der Waals surface area contributed by atoms with Crippen molar-refractivity contribution in [1.29, 1.82) is 0 Å². The zero-order chi connectivity index (χ0) is 19.2. The van der Waals surface area contributed by atoms with Gasteiger partial charge in [-0.15, -0.1) is 0 Å². The van der Waals surface area contributed by atoms with Crippen molar-refractivity contribution >= 4 is 11.9 Å². The van der Waals surface area contributed by atoms with Gasteiger partial charge < -0.3 is 9.47 Å². The zero-order valence-electron chi connectivity index (χ0n) is 17.3. The fourth-order valence-electron chi connectivity index (χ4n) is 4.42. The average molecular weight is 367 g/mol. The van der Waals surface area contributed by atoms with Gasteiger partial charge in [-0.1, -0.05) is 26.7 Å². The molecule has 0 heterocycles. The van der Waals surface area contributed by atoms with Gasteiger partial charge in [-0.05, 0) is 77.0 Å². The minimum atomic E-state index is -0.306. The number of rotatable bonds is 7. The second-order valence-corrected chi connectivity index (χ2v) is 9.07. The summed E-state index contributed by atoms with van der Waals surface area (Å²) in [6.45, 7) is 8.49. The van der Waals surface area contributed by atoms with Gasteiger partial charge in [0, 0.05) is 12.8 Å². The van der Waals surface area contributed by atoms with E-state index in [4.69, 9.17) is 9.47 Å². The summed E-state index contributed by atoms with van der Waals surface area (Å²) >= 11 is 0. The van der Waals surface area contributed by atoms with Gasteiger partial charge in [0.05, 0.1) is 0 Å². The highest BCUT2D eigenvalue weighted by Crippen LogP contribution is 2.37. The average Bonchev–Trinajstić information content (AvgIpc) is 2.57. The summed E-state index contributed by atoms with van der Waals surface area (Å²) in [6.07, 6.45) is 11.1. The summed E-state index contributed by atoms with van der Waals surface area (Å²) in [7, 11) is 0. The van der Waals surface area contributed by atoms with Crippen molar-refractivity contribution in [2.45, 2.75) is 116 Å². The lowest BCUT2D eigenvalue weighted by molar-refractivity contribution is -0.169. The molecule has 0 amide bonds. The van der Waals surface area contributed by atoms with Gasteiger partial charge in [-0.2, -0.15) is 0 Å². The third-order valence-electron chi connectivity index (χ3n) is 6.91. The highest BCUT2D eigenvalue weighted by molar-refractivity contribution is 5.71. The molecule has 4 unspecified atom stereocenters. The van der Waals surface area contributed by atoms with E-state index in [1.807, 2.05) is 0 Å². The molecule has 0 aromatic carbocycles. The quantitative estimate of drug-likeness (QED) is 0.436. The molecule has 2 aliphatic rings. The number of hydrogen-bond acceptors (Lipinski definition) is 4. The predicted molar refractivity (Wildman–Crippen MR) is 103 cm³/mol. The summed E-state index contributed by atoms with van der Waals surface area (Å²) in [5.41, 5.74) is -0.611. The van der Waals surface area contributed by atoms with E-state index < -0.39 is 0 Å². The maximum atomic E-state index is 12.2. The molecule has 4 atom stereocenters. The largest absolute Gasteiger partial charge is 0.459 e. The number of carbonyl (C=O) groups is 2. The Morgan fingerprint density at radius 2 is 1.15 bits per heavy atom. The second-order valence-electron chi connectivity index (χ2n) is 9.07. The normalized spacial score (nSPS) is 34.9. The van der Waals surface area contributed by atoms with E-state index in [-0.39, 0.29) is 23.1 Å². The van der Waals surface area contributed by atoms with Crippen LogP contribution in [0.3, 0.4) is 0 Å². The van der Waals surface area contributed by atoms with Gasteiger partial charge in [0.25, 0.3) is 0 Å². The highest BCUT2D eigenvalue weighted by atomic mass is 16.6. The van der Waals surface area contributed by atoms with Gasteiger partial charge in [-0.25, -0.2) is 0 Å². The number of unbranched alkanes of at least 4 members (excludes halogenated alkanes) is 1. The Balaban J connectivity index is 1.65. The zero-order valence-corrected chi connectivity index (χ0v) is 17.3. The van der Waals surface area contributed by atoms with Crippen LogP contribution >= 0.6 is 0 Å². The van der Waals surface area contributed by atoms with E-state index in [1.165, 1.54) is 12.8 Å². The predicted octanol–water partition coefficient (Wildman–Crippen LogP) is 5.57. The van der Waals surface area contributed by atoms with Gasteiger partial charge in [0.1, 0.15) is 11.2 Å². The van der Waals surface area contributed by atoms with Crippen molar-refractivity contribution in [1.82, 2.24) is 0 Å². The molecule has 2 saturated carbocycles. The fourth-order valence-corrected chi connectivity index (χ4v) is 4.42. The van der Waals surface area contributed by atoms with E-state index in [0.717, 1.165) is 38.5 Å². The van der Waals surface area contributed by atoms with Crippen molar-refractivity contribution in [2.75, 3.05) is 0 Å². The highest BCUT2D eigenvalue weighted by Gasteiger charge is 2.38. The van der Waals surface area contributed by atoms with E-state index in [1.54, 1.807) is 0 Å². The van der Waals surface area contributed by atoms with Crippen molar-refractivity contribution in [3.05, 3.63) is 0 Å².